The van der Waals surface area contributed by atoms with Crippen LogP contribution in [0.4, 0.5) is 0 Å². The van der Waals surface area contributed by atoms with Crippen LogP contribution in [0.1, 0.15) is 33.2 Å². The van der Waals surface area contributed by atoms with Gasteiger partial charge in [-0.25, -0.2) is 4.68 Å². The summed E-state index contributed by atoms with van der Waals surface area (Å²) in [5.74, 6) is -0.337. The highest BCUT2D eigenvalue weighted by molar-refractivity contribution is 6.05. The molecule has 0 fully saturated rings. The van der Waals surface area contributed by atoms with Crippen LogP contribution < -0.4 is 10.9 Å². The van der Waals surface area contributed by atoms with E-state index in [4.69, 9.17) is 0 Å². The van der Waals surface area contributed by atoms with Gasteiger partial charge in [-0.1, -0.05) is 109 Å². The maximum Gasteiger partial charge on any atom is 0.274 e. The number of benzene rings is 4. The Labute approximate surface area is 197 Å². The number of rotatable bonds is 6. The molecular weight excluding hydrogens is 422 g/mol. The van der Waals surface area contributed by atoms with Crippen molar-refractivity contribution in [3.05, 3.63) is 148 Å². The highest BCUT2D eigenvalue weighted by Gasteiger charge is 2.22. The first-order valence-electron chi connectivity index (χ1n) is 11.2. The lowest BCUT2D eigenvalue weighted by Crippen LogP contribution is -2.33. The summed E-state index contributed by atoms with van der Waals surface area (Å²) in [5.41, 5.74) is 2.86. The van der Waals surface area contributed by atoms with Crippen molar-refractivity contribution in [2.75, 3.05) is 0 Å². The topological polar surface area (TPSA) is 64.0 Å². The fourth-order valence-electron chi connectivity index (χ4n) is 4.12. The van der Waals surface area contributed by atoms with Gasteiger partial charge in [0, 0.05) is 5.39 Å². The minimum atomic E-state index is -0.357. The number of fused-ring (bicyclic) bond motifs is 1. The molecule has 4 aromatic carbocycles. The van der Waals surface area contributed by atoms with Gasteiger partial charge in [-0.05, 0) is 22.8 Å². The molecule has 1 N–H and O–H groups in total. The van der Waals surface area contributed by atoms with E-state index in [0.717, 1.165) is 16.7 Å². The van der Waals surface area contributed by atoms with Crippen LogP contribution in [0.5, 0.6) is 0 Å². The minimum Gasteiger partial charge on any atom is -0.340 e. The molecule has 1 aromatic heterocycles. The molecule has 0 saturated heterocycles. The number of amides is 1. The van der Waals surface area contributed by atoms with Crippen molar-refractivity contribution in [3.8, 4) is 0 Å². The molecule has 166 valence electrons. The third kappa shape index (κ3) is 4.36. The number of aromatic nitrogens is 2. The van der Waals surface area contributed by atoms with Crippen molar-refractivity contribution >= 4 is 16.7 Å². The van der Waals surface area contributed by atoms with Crippen LogP contribution in [0.15, 0.2) is 120 Å². The highest BCUT2D eigenvalue weighted by atomic mass is 16.2. The average molecular weight is 446 g/mol. The fourth-order valence-corrected chi connectivity index (χ4v) is 4.12. The molecule has 0 bridgehead atoms. The van der Waals surface area contributed by atoms with Gasteiger partial charge in [0.15, 0.2) is 5.69 Å². The molecule has 5 nitrogen and oxygen atoms in total. The third-order valence-corrected chi connectivity index (χ3v) is 5.80. The van der Waals surface area contributed by atoms with Crippen LogP contribution in [0, 0.1) is 0 Å². The second-order valence-electron chi connectivity index (χ2n) is 8.07. The molecule has 0 aliphatic rings. The molecule has 0 atom stereocenters. The predicted octanol–water partition coefficient (Wildman–Crippen LogP) is 4.96. The Morgan fingerprint density at radius 2 is 1.21 bits per heavy atom. The highest BCUT2D eigenvalue weighted by Crippen LogP contribution is 2.23. The Morgan fingerprint density at radius 3 is 1.79 bits per heavy atom. The maximum absolute atomic E-state index is 13.6. The molecule has 5 heteroatoms. The molecule has 34 heavy (non-hydrogen) atoms. The van der Waals surface area contributed by atoms with Gasteiger partial charge in [0.25, 0.3) is 11.5 Å². The largest absolute Gasteiger partial charge is 0.340 e. The van der Waals surface area contributed by atoms with Crippen molar-refractivity contribution in [2.45, 2.75) is 12.6 Å². The lowest BCUT2D eigenvalue weighted by molar-refractivity contribution is 0.0937. The summed E-state index contributed by atoms with van der Waals surface area (Å²) >= 11 is 0. The predicted molar refractivity (Wildman–Crippen MR) is 134 cm³/mol. The van der Waals surface area contributed by atoms with E-state index in [2.05, 4.69) is 10.4 Å². The van der Waals surface area contributed by atoms with Crippen LogP contribution in [-0.2, 0) is 6.54 Å². The molecule has 0 aliphatic heterocycles. The Bertz CT molecular complexity index is 1440. The molecule has 0 unspecified atom stereocenters. The van der Waals surface area contributed by atoms with Crippen LogP contribution in [0.3, 0.4) is 0 Å². The SMILES string of the molecule is O=C(NC(c1ccccc1)c1ccccc1)c1nn(Cc2ccccc2)c(=O)c2ccccc12. The Hall–Kier alpha value is -4.51. The third-order valence-electron chi connectivity index (χ3n) is 5.80. The van der Waals surface area contributed by atoms with Crippen LogP contribution in [0.2, 0.25) is 0 Å². The molecule has 0 saturated carbocycles. The van der Waals surface area contributed by atoms with E-state index in [0.29, 0.717) is 10.8 Å². The first-order valence-corrected chi connectivity index (χ1v) is 11.2. The summed E-state index contributed by atoms with van der Waals surface area (Å²) in [5, 5.41) is 8.68. The molecule has 0 spiro atoms. The van der Waals surface area contributed by atoms with E-state index < -0.39 is 0 Å². The van der Waals surface area contributed by atoms with Crippen molar-refractivity contribution in [1.29, 1.82) is 0 Å². The molecule has 5 aromatic rings. The number of carbonyl (C=O) groups is 1. The number of hydrogen-bond donors (Lipinski definition) is 1. The summed E-state index contributed by atoms with van der Waals surface area (Å²) in [6.45, 7) is 0.283. The second kappa shape index (κ2) is 9.55. The number of carbonyl (C=O) groups excluding carboxylic acids is 1. The van der Waals surface area contributed by atoms with E-state index in [9.17, 15) is 9.59 Å². The van der Waals surface area contributed by atoms with Gasteiger partial charge in [0.05, 0.1) is 18.0 Å². The fraction of sp³-hybridized carbons (Fsp3) is 0.0690. The zero-order valence-corrected chi connectivity index (χ0v) is 18.5. The molecular formula is C29H23N3O2. The summed E-state index contributed by atoms with van der Waals surface area (Å²) in [6, 6.07) is 36.0. The molecule has 5 rings (SSSR count). The first-order chi connectivity index (χ1) is 16.7. The maximum atomic E-state index is 13.6. The zero-order chi connectivity index (χ0) is 23.3. The van der Waals surface area contributed by atoms with Crippen LogP contribution in [0.25, 0.3) is 10.8 Å². The second-order valence-corrected chi connectivity index (χ2v) is 8.07. The van der Waals surface area contributed by atoms with E-state index in [1.165, 1.54) is 4.68 Å². The van der Waals surface area contributed by atoms with Crippen LogP contribution in [-0.4, -0.2) is 15.7 Å². The van der Waals surface area contributed by atoms with Crippen molar-refractivity contribution in [1.82, 2.24) is 15.1 Å². The van der Waals surface area contributed by atoms with Crippen molar-refractivity contribution < 1.29 is 4.79 Å². The van der Waals surface area contributed by atoms with Gasteiger partial charge in [-0.3, -0.25) is 9.59 Å². The number of nitrogens with zero attached hydrogens (tertiary/aromatic N) is 2. The minimum absolute atomic E-state index is 0.223. The van der Waals surface area contributed by atoms with Gasteiger partial charge in [-0.15, -0.1) is 0 Å². The quantitative estimate of drug-likeness (QED) is 0.402. The van der Waals surface area contributed by atoms with Gasteiger partial charge in [0.2, 0.25) is 0 Å². The van der Waals surface area contributed by atoms with E-state index >= 15 is 0 Å². The molecule has 1 amide bonds. The average Bonchev–Trinajstić information content (AvgIpc) is 2.90. The summed E-state index contributed by atoms with van der Waals surface area (Å²) in [4.78, 5) is 26.8. The molecule has 1 heterocycles. The normalized spacial score (nSPS) is 11.0. The Kier molecular flexibility index (Phi) is 5.99. The molecule has 0 aliphatic carbocycles. The summed E-state index contributed by atoms with van der Waals surface area (Å²) in [7, 11) is 0. The summed E-state index contributed by atoms with van der Waals surface area (Å²) < 4.78 is 1.37. The van der Waals surface area contributed by atoms with Crippen molar-refractivity contribution in [3.63, 3.8) is 0 Å². The number of nitrogens with one attached hydrogen (secondary N) is 1. The smallest absolute Gasteiger partial charge is 0.274 e. The first kappa shape index (κ1) is 21.3. The summed E-state index contributed by atoms with van der Waals surface area (Å²) in [6.07, 6.45) is 0. The lowest BCUT2D eigenvalue weighted by Gasteiger charge is -2.20. The number of hydrogen-bond acceptors (Lipinski definition) is 3. The molecule has 0 radical (unpaired) electrons. The van der Waals surface area contributed by atoms with Crippen molar-refractivity contribution in [2.24, 2.45) is 0 Å². The van der Waals surface area contributed by atoms with E-state index in [-0.39, 0.29) is 29.7 Å². The monoisotopic (exact) mass is 445 g/mol. The van der Waals surface area contributed by atoms with E-state index in [1.807, 2.05) is 97.1 Å². The van der Waals surface area contributed by atoms with Gasteiger partial charge in [0.1, 0.15) is 0 Å². The Morgan fingerprint density at radius 1 is 0.706 bits per heavy atom. The Balaban J connectivity index is 1.58. The zero-order valence-electron chi connectivity index (χ0n) is 18.5. The van der Waals surface area contributed by atoms with Gasteiger partial charge >= 0.3 is 0 Å². The van der Waals surface area contributed by atoms with Gasteiger partial charge < -0.3 is 5.32 Å². The van der Waals surface area contributed by atoms with Crippen LogP contribution >= 0.6 is 0 Å². The van der Waals surface area contributed by atoms with E-state index in [1.54, 1.807) is 18.2 Å². The lowest BCUT2D eigenvalue weighted by atomic mass is 9.98. The standard InChI is InChI=1S/C29H23N3O2/c33-28(30-26(22-14-6-2-7-15-22)23-16-8-3-9-17-23)27-24-18-10-11-19-25(24)29(34)32(31-27)20-21-12-4-1-5-13-21/h1-19,26H,20H2,(H,30,33). The van der Waals surface area contributed by atoms with Gasteiger partial charge in [-0.2, -0.15) is 5.10 Å².